The molecular weight excluding hydrogens is 272 g/mol. The smallest absolute Gasteiger partial charge is 0.119 e. The molecule has 122 valence electrons. The molecule has 0 bridgehead atoms. The van der Waals surface area contributed by atoms with Gasteiger partial charge in [-0.1, -0.05) is 19.3 Å². The van der Waals surface area contributed by atoms with Gasteiger partial charge in [0.1, 0.15) is 11.9 Å². The minimum atomic E-state index is 0.382. The van der Waals surface area contributed by atoms with Crippen molar-refractivity contribution in [1.82, 2.24) is 5.32 Å². The standard InChI is InChI=1S/C19H30N2O/c1-21(15-16-5-3-2-4-6-16)17-7-9-18(10-8-17)22-19-11-13-20-14-12-19/h7-10,16,19-20H,2-6,11-15H2,1H3. The molecule has 3 heteroatoms. The van der Waals surface area contributed by atoms with E-state index in [1.807, 2.05) is 0 Å². The van der Waals surface area contributed by atoms with Crippen LogP contribution in [0.4, 0.5) is 5.69 Å². The number of ether oxygens (including phenoxy) is 1. The van der Waals surface area contributed by atoms with Crippen LogP contribution in [0.3, 0.4) is 0 Å². The number of nitrogens with one attached hydrogen (secondary N) is 1. The quantitative estimate of drug-likeness (QED) is 0.894. The predicted octanol–water partition coefficient (Wildman–Crippen LogP) is 3.83. The lowest BCUT2D eigenvalue weighted by Crippen LogP contribution is -2.34. The average Bonchev–Trinajstić information content (AvgIpc) is 2.57. The molecule has 3 nitrogen and oxygen atoms in total. The van der Waals surface area contributed by atoms with Gasteiger partial charge in [0.25, 0.3) is 0 Å². The summed E-state index contributed by atoms with van der Waals surface area (Å²) in [6.07, 6.45) is 9.69. The zero-order valence-corrected chi connectivity index (χ0v) is 13.9. The summed E-state index contributed by atoms with van der Waals surface area (Å²) in [5.74, 6) is 1.89. The van der Waals surface area contributed by atoms with Crippen LogP contribution in [0.2, 0.25) is 0 Å². The third-order valence-electron chi connectivity index (χ3n) is 5.12. The Morgan fingerprint density at radius 1 is 1.00 bits per heavy atom. The fourth-order valence-electron chi connectivity index (χ4n) is 3.75. The Morgan fingerprint density at radius 2 is 1.68 bits per heavy atom. The molecule has 1 saturated carbocycles. The number of benzene rings is 1. The van der Waals surface area contributed by atoms with E-state index in [1.54, 1.807) is 0 Å². The second kappa shape index (κ2) is 7.87. The Balaban J connectivity index is 1.51. The van der Waals surface area contributed by atoms with E-state index < -0.39 is 0 Å². The minimum Gasteiger partial charge on any atom is -0.490 e. The third-order valence-corrected chi connectivity index (χ3v) is 5.12. The van der Waals surface area contributed by atoms with Crippen molar-refractivity contribution in [3.8, 4) is 5.75 Å². The average molecular weight is 302 g/mol. The molecule has 3 rings (SSSR count). The van der Waals surface area contributed by atoms with Crippen LogP contribution in [0.1, 0.15) is 44.9 Å². The van der Waals surface area contributed by atoms with Crippen LogP contribution in [-0.2, 0) is 0 Å². The maximum atomic E-state index is 6.08. The summed E-state index contributed by atoms with van der Waals surface area (Å²) in [5, 5.41) is 3.38. The molecule has 1 aromatic carbocycles. The highest BCUT2D eigenvalue weighted by Gasteiger charge is 2.16. The summed E-state index contributed by atoms with van der Waals surface area (Å²) < 4.78 is 6.08. The molecule has 1 heterocycles. The Bertz CT molecular complexity index is 433. The highest BCUT2D eigenvalue weighted by Crippen LogP contribution is 2.27. The Kier molecular flexibility index (Phi) is 5.60. The molecule has 1 aliphatic carbocycles. The van der Waals surface area contributed by atoms with E-state index in [-0.39, 0.29) is 0 Å². The first-order valence-electron chi connectivity index (χ1n) is 9.00. The third kappa shape index (κ3) is 4.39. The number of hydrogen-bond acceptors (Lipinski definition) is 3. The second-order valence-electron chi connectivity index (χ2n) is 6.95. The largest absolute Gasteiger partial charge is 0.490 e. The van der Waals surface area contributed by atoms with Gasteiger partial charge in [-0.05, 0) is 69.0 Å². The molecule has 0 aromatic heterocycles. The van der Waals surface area contributed by atoms with Crippen LogP contribution in [0, 0.1) is 5.92 Å². The van der Waals surface area contributed by atoms with Crippen LogP contribution < -0.4 is 15.0 Å². The van der Waals surface area contributed by atoms with Gasteiger partial charge in [-0.15, -0.1) is 0 Å². The molecule has 0 atom stereocenters. The highest BCUT2D eigenvalue weighted by molar-refractivity contribution is 5.48. The zero-order chi connectivity index (χ0) is 15.2. The number of nitrogens with zero attached hydrogens (tertiary/aromatic N) is 1. The van der Waals surface area contributed by atoms with Gasteiger partial charge in [-0.25, -0.2) is 0 Å². The maximum Gasteiger partial charge on any atom is 0.119 e. The Hall–Kier alpha value is -1.22. The minimum absolute atomic E-state index is 0.382. The van der Waals surface area contributed by atoms with Crippen molar-refractivity contribution in [3.05, 3.63) is 24.3 Å². The summed E-state index contributed by atoms with van der Waals surface area (Å²) in [6.45, 7) is 3.34. The van der Waals surface area contributed by atoms with E-state index in [9.17, 15) is 0 Å². The molecule has 22 heavy (non-hydrogen) atoms. The van der Waals surface area contributed by atoms with Crippen molar-refractivity contribution < 1.29 is 4.74 Å². The molecule has 0 unspecified atom stereocenters. The van der Waals surface area contributed by atoms with E-state index in [1.165, 1.54) is 44.3 Å². The molecule has 2 fully saturated rings. The number of rotatable bonds is 5. The van der Waals surface area contributed by atoms with Crippen LogP contribution in [0.15, 0.2) is 24.3 Å². The molecule has 0 spiro atoms. The van der Waals surface area contributed by atoms with Crippen LogP contribution in [0.25, 0.3) is 0 Å². The van der Waals surface area contributed by atoms with E-state index in [4.69, 9.17) is 4.74 Å². The molecule has 1 N–H and O–H groups in total. The lowest BCUT2D eigenvalue weighted by Gasteiger charge is -2.28. The van der Waals surface area contributed by atoms with Crippen LogP contribution in [0.5, 0.6) is 5.75 Å². The lowest BCUT2D eigenvalue weighted by atomic mass is 9.89. The molecule has 0 amide bonds. The van der Waals surface area contributed by atoms with E-state index >= 15 is 0 Å². The molecule has 0 radical (unpaired) electrons. The van der Waals surface area contributed by atoms with Crippen molar-refractivity contribution in [2.75, 3.05) is 31.6 Å². The van der Waals surface area contributed by atoms with Gasteiger partial charge in [0, 0.05) is 19.3 Å². The topological polar surface area (TPSA) is 24.5 Å². The second-order valence-corrected chi connectivity index (χ2v) is 6.95. The summed E-state index contributed by atoms with van der Waals surface area (Å²) in [5.41, 5.74) is 1.31. The van der Waals surface area contributed by atoms with E-state index in [0.29, 0.717) is 6.10 Å². The molecule has 1 aliphatic heterocycles. The SMILES string of the molecule is CN(CC1CCCCC1)c1ccc(OC2CCNCC2)cc1. The van der Waals surface area contributed by atoms with Gasteiger partial charge in [0.05, 0.1) is 0 Å². The first-order valence-corrected chi connectivity index (χ1v) is 9.00. The fourth-order valence-corrected chi connectivity index (χ4v) is 3.75. The van der Waals surface area contributed by atoms with Gasteiger partial charge >= 0.3 is 0 Å². The fraction of sp³-hybridized carbons (Fsp3) is 0.684. The number of anilines is 1. The number of hydrogen-bond donors (Lipinski definition) is 1. The summed E-state index contributed by atoms with van der Waals surface area (Å²) >= 11 is 0. The van der Waals surface area contributed by atoms with Crippen molar-refractivity contribution in [1.29, 1.82) is 0 Å². The zero-order valence-electron chi connectivity index (χ0n) is 13.9. The van der Waals surface area contributed by atoms with Crippen LogP contribution in [-0.4, -0.2) is 32.8 Å². The predicted molar refractivity (Wildman–Crippen MR) is 92.8 cm³/mol. The summed E-state index contributed by atoms with van der Waals surface area (Å²) in [7, 11) is 2.22. The maximum absolute atomic E-state index is 6.08. The van der Waals surface area contributed by atoms with E-state index in [0.717, 1.165) is 37.6 Å². The van der Waals surface area contributed by atoms with Gasteiger partial charge in [0.15, 0.2) is 0 Å². The summed E-state index contributed by atoms with van der Waals surface area (Å²) in [6, 6.07) is 8.68. The van der Waals surface area contributed by atoms with Gasteiger partial charge in [-0.3, -0.25) is 0 Å². The first-order chi connectivity index (χ1) is 10.8. The van der Waals surface area contributed by atoms with Gasteiger partial charge in [-0.2, -0.15) is 0 Å². The van der Waals surface area contributed by atoms with Crippen molar-refractivity contribution in [3.63, 3.8) is 0 Å². The molecule has 1 aromatic rings. The molecule has 1 saturated heterocycles. The molecule has 2 aliphatic rings. The number of piperidine rings is 1. The van der Waals surface area contributed by atoms with Crippen LogP contribution >= 0.6 is 0 Å². The summed E-state index contributed by atoms with van der Waals surface area (Å²) in [4.78, 5) is 2.41. The van der Waals surface area contributed by atoms with Crippen molar-refractivity contribution >= 4 is 5.69 Å². The van der Waals surface area contributed by atoms with Gasteiger partial charge in [0.2, 0.25) is 0 Å². The van der Waals surface area contributed by atoms with Gasteiger partial charge < -0.3 is 15.0 Å². The lowest BCUT2D eigenvalue weighted by molar-refractivity contribution is 0.162. The van der Waals surface area contributed by atoms with Crippen molar-refractivity contribution in [2.45, 2.75) is 51.0 Å². The van der Waals surface area contributed by atoms with E-state index in [2.05, 4.69) is 41.5 Å². The Labute approximate surface area is 135 Å². The Morgan fingerprint density at radius 3 is 2.36 bits per heavy atom. The monoisotopic (exact) mass is 302 g/mol. The molecular formula is C19H30N2O. The highest BCUT2D eigenvalue weighted by atomic mass is 16.5. The normalized spacial score (nSPS) is 20.8. The first kappa shape index (κ1) is 15.7. The van der Waals surface area contributed by atoms with Crippen molar-refractivity contribution in [2.24, 2.45) is 5.92 Å².